The molecule has 1 N–H and O–H groups in total. The predicted molar refractivity (Wildman–Crippen MR) is 101 cm³/mol. The van der Waals surface area contributed by atoms with Crippen LogP contribution in [0.4, 0.5) is 0 Å². The Labute approximate surface area is 160 Å². The first-order valence-electron chi connectivity index (χ1n) is 7.75. The summed E-state index contributed by atoms with van der Waals surface area (Å²) in [7, 11) is -2.38. The molecule has 0 spiro atoms. The molecule has 138 valence electrons. The fourth-order valence-corrected chi connectivity index (χ4v) is 4.03. The van der Waals surface area contributed by atoms with Crippen molar-refractivity contribution in [1.82, 2.24) is 5.32 Å². The maximum absolute atomic E-state index is 12.4. The summed E-state index contributed by atoms with van der Waals surface area (Å²) in [5.74, 6) is -1.48. The zero-order valence-corrected chi connectivity index (χ0v) is 16.4. The maximum atomic E-state index is 12.4. The minimum atomic E-state index is -3.57. The molecule has 0 aliphatic rings. The van der Waals surface area contributed by atoms with Crippen LogP contribution in [0, 0.1) is 0 Å². The van der Waals surface area contributed by atoms with Crippen molar-refractivity contribution in [1.29, 1.82) is 0 Å². The summed E-state index contributed by atoms with van der Waals surface area (Å²) in [4.78, 5) is 24.5. The minimum absolute atomic E-state index is 0.0936. The van der Waals surface area contributed by atoms with Crippen molar-refractivity contribution in [3.05, 3.63) is 64.6 Å². The first-order valence-corrected chi connectivity index (χ1v) is 10.2. The predicted octanol–water partition coefficient (Wildman–Crippen LogP) is 2.58. The largest absolute Gasteiger partial charge is 0.467 e. The van der Waals surface area contributed by atoms with Crippen LogP contribution in [0.25, 0.3) is 0 Å². The van der Waals surface area contributed by atoms with Crippen LogP contribution in [-0.2, 0) is 19.4 Å². The quantitative estimate of drug-likeness (QED) is 0.669. The van der Waals surface area contributed by atoms with Gasteiger partial charge in [-0.1, -0.05) is 40.2 Å². The van der Waals surface area contributed by atoms with Crippen LogP contribution < -0.4 is 5.32 Å². The maximum Gasteiger partial charge on any atom is 0.328 e. The molecule has 0 aromatic heterocycles. The van der Waals surface area contributed by atoms with E-state index in [1.165, 1.54) is 19.2 Å². The van der Waals surface area contributed by atoms with E-state index in [9.17, 15) is 18.0 Å². The number of sulfone groups is 1. The molecule has 26 heavy (non-hydrogen) atoms. The van der Waals surface area contributed by atoms with Crippen molar-refractivity contribution in [2.75, 3.05) is 12.9 Å². The van der Waals surface area contributed by atoms with Gasteiger partial charge in [-0.05, 0) is 36.8 Å². The molecule has 0 aliphatic carbocycles. The smallest absolute Gasteiger partial charge is 0.328 e. The average molecular weight is 440 g/mol. The molecule has 8 heteroatoms. The van der Waals surface area contributed by atoms with Crippen LogP contribution in [0.5, 0.6) is 0 Å². The topological polar surface area (TPSA) is 89.5 Å². The molecule has 6 nitrogen and oxygen atoms in total. The van der Waals surface area contributed by atoms with Gasteiger partial charge in [0.25, 0.3) is 5.91 Å². The summed E-state index contributed by atoms with van der Waals surface area (Å²) in [6, 6.07) is 13.5. The number of amides is 1. The molecule has 0 unspecified atom stereocenters. The highest BCUT2D eigenvalue weighted by atomic mass is 79.9. The van der Waals surface area contributed by atoms with E-state index >= 15 is 0 Å². The number of halogens is 1. The van der Waals surface area contributed by atoms with Crippen LogP contribution in [0.3, 0.4) is 0 Å². The molecule has 0 bridgehead atoms. The number of rotatable bonds is 7. The Morgan fingerprint density at radius 3 is 2.42 bits per heavy atom. The van der Waals surface area contributed by atoms with Crippen LogP contribution >= 0.6 is 15.9 Å². The average Bonchev–Trinajstić information content (AvgIpc) is 2.65. The van der Waals surface area contributed by atoms with Crippen LogP contribution in [0.1, 0.15) is 16.8 Å². The van der Waals surface area contributed by atoms with Crippen molar-refractivity contribution in [2.24, 2.45) is 0 Å². The van der Waals surface area contributed by atoms with Crippen molar-refractivity contribution >= 4 is 37.6 Å². The van der Waals surface area contributed by atoms with E-state index < -0.39 is 27.8 Å². The standard InChI is InChI=1S/C18H18BrNO5S/c1-25-18(22)16(20-17(21)13-6-5-7-14(19)12-13)10-11-26(23,24)15-8-3-2-4-9-15/h2-9,12,16H,10-11H2,1H3,(H,20,21)/t16-/m1/s1. The third-order valence-electron chi connectivity index (χ3n) is 3.66. The first kappa shape index (κ1) is 20.1. The Bertz CT molecular complexity index is 883. The van der Waals surface area contributed by atoms with Crippen molar-refractivity contribution in [3.8, 4) is 0 Å². The third-order valence-corrected chi connectivity index (χ3v) is 5.91. The summed E-state index contributed by atoms with van der Waals surface area (Å²) < 4.78 is 30.2. The van der Waals surface area contributed by atoms with E-state index in [0.717, 1.165) is 0 Å². The summed E-state index contributed by atoms with van der Waals surface area (Å²) >= 11 is 3.27. The Kier molecular flexibility index (Phi) is 6.93. The fourth-order valence-electron chi connectivity index (χ4n) is 2.28. The van der Waals surface area contributed by atoms with Gasteiger partial charge in [0.1, 0.15) is 6.04 Å². The van der Waals surface area contributed by atoms with Gasteiger partial charge >= 0.3 is 5.97 Å². The molecule has 1 atom stereocenters. The van der Waals surface area contributed by atoms with E-state index in [0.29, 0.717) is 10.0 Å². The molecule has 2 rings (SSSR count). The van der Waals surface area contributed by atoms with Crippen molar-refractivity contribution in [3.63, 3.8) is 0 Å². The third kappa shape index (κ3) is 5.40. The molecule has 0 heterocycles. The van der Waals surface area contributed by atoms with Gasteiger partial charge in [0.05, 0.1) is 17.8 Å². The second-order valence-electron chi connectivity index (χ2n) is 5.48. The summed E-state index contributed by atoms with van der Waals surface area (Å²) in [5.41, 5.74) is 0.346. The van der Waals surface area contributed by atoms with E-state index in [1.807, 2.05) is 0 Å². The van der Waals surface area contributed by atoms with Gasteiger partial charge < -0.3 is 10.1 Å². The number of hydrogen-bond donors (Lipinski definition) is 1. The fraction of sp³-hybridized carbons (Fsp3) is 0.222. The Hall–Kier alpha value is -2.19. The van der Waals surface area contributed by atoms with Gasteiger partial charge in [-0.25, -0.2) is 13.2 Å². The molecule has 0 saturated carbocycles. The molecule has 0 fully saturated rings. The number of benzene rings is 2. The molecular formula is C18H18BrNO5S. The molecular weight excluding hydrogens is 422 g/mol. The second kappa shape index (κ2) is 8.95. The van der Waals surface area contributed by atoms with E-state index in [4.69, 9.17) is 0 Å². The Morgan fingerprint density at radius 2 is 1.81 bits per heavy atom. The lowest BCUT2D eigenvalue weighted by Gasteiger charge is -2.16. The van der Waals surface area contributed by atoms with Gasteiger partial charge in [-0.2, -0.15) is 0 Å². The number of hydrogen-bond acceptors (Lipinski definition) is 5. The molecule has 2 aromatic carbocycles. The highest BCUT2D eigenvalue weighted by molar-refractivity contribution is 9.10. The number of methoxy groups -OCH3 is 1. The van der Waals surface area contributed by atoms with Crippen LogP contribution in [-0.4, -0.2) is 39.2 Å². The SMILES string of the molecule is COC(=O)[C@@H](CCS(=O)(=O)c1ccccc1)NC(=O)c1cccc(Br)c1. The number of esters is 1. The van der Waals surface area contributed by atoms with Gasteiger partial charge in [-0.15, -0.1) is 0 Å². The second-order valence-corrected chi connectivity index (χ2v) is 8.50. The number of carbonyl (C=O) groups excluding carboxylic acids is 2. The molecule has 0 saturated heterocycles. The van der Waals surface area contributed by atoms with Gasteiger partial charge in [-0.3, -0.25) is 4.79 Å². The number of carbonyl (C=O) groups is 2. The lowest BCUT2D eigenvalue weighted by molar-refractivity contribution is -0.142. The summed E-state index contributed by atoms with van der Waals surface area (Å²) in [5, 5.41) is 2.54. The number of nitrogens with one attached hydrogen (secondary N) is 1. The van der Waals surface area contributed by atoms with E-state index in [2.05, 4.69) is 26.0 Å². The summed E-state index contributed by atoms with van der Waals surface area (Å²) in [6.07, 6.45) is -0.0936. The zero-order chi connectivity index (χ0) is 19.2. The Morgan fingerprint density at radius 1 is 1.12 bits per heavy atom. The normalized spacial score (nSPS) is 12.2. The molecule has 1 amide bonds. The molecule has 2 aromatic rings. The molecule has 0 radical (unpaired) electrons. The minimum Gasteiger partial charge on any atom is -0.467 e. The lowest BCUT2D eigenvalue weighted by Crippen LogP contribution is -2.42. The van der Waals surface area contributed by atoms with Crippen molar-refractivity contribution in [2.45, 2.75) is 17.4 Å². The lowest BCUT2D eigenvalue weighted by atomic mass is 10.1. The van der Waals surface area contributed by atoms with Crippen LogP contribution in [0.15, 0.2) is 64.0 Å². The highest BCUT2D eigenvalue weighted by Gasteiger charge is 2.25. The van der Waals surface area contributed by atoms with E-state index in [-0.39, 0.29) is 17.1 Å². The van der Waals surface area contributed by atoms with Crippen LogP contribution in [0.2, 0.25) is 0 Å². The highest BCUT2D eigenvalue weighted by Crippen LogP contribution is 2.14. The van der Waals surface area contributed by atoms with Gasteiger partial charge in [0, 0.05) is 10.0 Å². The Balaban J connectivity index is 2.10. The van der Waals surface area contributed by atoms with Gasteiger partial charge in [0.15, 0.2) is 9.84 Å². The number of ether oxygens (including phenoxy) is 1. The van der Waals surface area contributed by atoms with E-state index in [1.54, 1.807) is 42.5 Å². The van der Waals surface area contributed by atoms with Gasteiger partial charge in [0.2, 0.25) is 0 Å². The summed E-state index contributed by atoms with van der Waals surface area (Å²) in [6.45, 7) is 0. The monoisotopic (exact) mass is 439 g/mol. The molecule has 0 aliphatic heterocycles. The zero-order valence-electron chi connectivity index (χ0n) is 14.0. The first-order chi connectivity index (χ1) is 12.3. The van der Waals surface area contributed by atoms with Crippen molar-refractivity contribution < 1.29 is 22.7 Å².